The normalized spacial score (nSPS) is 11.8. The molecular weight excluding hydrogens is 366 g/mol. The number of carbonyl (C=O) groups is 2. The quantitative estimate of drug-likeness (QED) is 0.567. The number of amides is 1. The van der Waals surface area contributed by atoms with Crippen molar-refractivity contribution in [3.8, 4) is 5.75 Å². The maximum atomic E-state index is 13.0. The Morgan fingerprint density at radius 1 is 1.07 bits per heavy atom. The second-order valence-corrected chi connectivity index (χ2v) is 7.13. The number of carboxylic acid groups (broad SMARTS) is 1. The van der Waals surface area contributed by atoms with Crippen molar-refractivity contribution in [3.05, 3.63) is 71.3 Å². The maximum Gasteiger partial charge on any atom is 0.310 e. The van der Waals surface area contributed by atoms with Crippen molar-refractivity contribution in [1.29, 1.82) is 0 Å². The van der Waals surface area contributed by atoms with Gasteiger partial charge in [0, 0.05) is 22.0 Å². The SMILES string of the molecule is CCCC(C(=O)O)c1cc(C)cc(C(=O)Nc2ccc(OC)c3ccccc23)c1. The number of hydrogen-bond acceptors (Lipinski definition) is 3. The van der Waals surface area contributed by atoms with Gasteiger partial charge in [-0.2, -0.15) is 0 Å². The summed E-state index contributed by atoms with van der Waals surface area (Å²) in [6, 6.07) is 16.6. The highest BCUT2D eigenvalue weighted by Gasteiger charge is 2.21. The summed E-state index contributed by atoms with van der Waals surface area (Å²) in [6.07, 6.45) is 1.28. The minimum absolute atomic E-state index is 0.272. The van der Waals surface area contributed by atoms with E-state index in [-0.39, 0.29) is 5.91 Å². The van der Waals surface area contributed by atoms with Gasteiger partial charge in [0.15, 0.2) is 0 Å². The van der Waals surface area contributed by atoms with Crippen LogP contribution in [-0.4, -0.2) is 24.1 Å². The second kappa shape index (κ2) is 8.78. The van der Waals surface area contributed by atoms with Gasteiger partial charge in [-0.3, -0.25) is 9.59 Å². The molecule has 0 aliphatic rings. The molecule has 2 N–H and O–H groups in total. The molecule has 0 aliphatic heterocycles. The number of carboxylic acids is 1. The summed E-state index contributed by atoms with van der Waals surface area (Å²) >= 11 is 0. The molecule has 0 saturated heterocycles. The number of ether oxygens (including phenoxy) is 1. The molecule has 5 nitrogen and oxygen atoms in total. The molecule has 0 fully saturated rings. The summed E-state index contributed by atoms with van der Waals surface area (Å²) in [4.78, 5) is 24.6. The zero-order valence-corrected chi connectivity index (χ0v) is 16.9. The van der Waals surface area contributed by atoms with Crippen LogP contribution in [0.15, 0.2) is 54.6 Å². The van der Waals surface area contributed by atoms with Crippen molar-refractivity contribution >= 4 is 28.3 Å². The predicted molar refractivity (Wildman–Crippen MR) is 115 cm³/mol. The van der Waals surface area contributed by atoms with E-state index in [4.69, 9.17) is 4.74 Å². The van der Waals surface area contributed by atoms with E-state index >= 15 is 0 Å². The minimum Gasteiger partial charge on any atom is -0.496 e. The summed E-state index contributed by atoms with van der Waals surface area (Å²) in [6.45, 7) is 3.82. The fourth-order valence-electron chi connectivity index (χ4n) is 3.62. The van der Waals surface area contributed by atoms with Crippen molar-refractivity contribution in [2.45, 2.75) is 32.6 Å². The number of anilines is 1. The molecule has 3 aromatic rings. The van der Waals surface area contributed by atoms with E-state index in [0.29, 0.717) is 23.2 Å². The zero-order chi connectivity index (χ0) is 21.0. The number of hydrogen-bond donors (Lipinski definition) is 2. The van der Waals surface area contributed by atoms with E-state index < -0.39 is 11.9 Å². The van der Waals surface area contributed by atoms with Gasteiger partial charge in [0.05, 0.1) is 13.0 Å². The lowest BCUT2D eigenvalue weighted by atomic mass is 9.91. The Labute approximate surface area is 170 Å². The molecule has 5 heteroatoms. The van der Waals surface area contributed by atoms with E-state index in [1.54, 1.807) is 19.2 Å². The number of nitrogens with one attached hydrogen (secondary N) is 1. The van der Waals surface area contributed by atoms with Gasteiger partial charge in [0.25, 0.3) is 5.91 Å². The topological polar surface area (TPSA) is 75.6 Å². The van der Waals surface area contributed by atoms with E-state index in [1.165, 1.54) is 0 Å². The van der Waals surface area contributed by atoms with Crippen LogP contribution in [0.5, 0.6) is 5.75 Å². The van der Waals surface area contributed by atoms with Crippen LogP contribution < -0.4 is 10.1 Å². The Balaban J connectivity index is 1.96. The summed E-state index contributed by atoms with van der Waals surface area (Å²) < 4.78 is 5.41. The Bertz CT molecular complexity index is 1060. The van der Waals surface area contributed by atoms with Gasteiger partial charge in [0.2, 0.25) is 0 Å². The van der Waals surface area contributed by atoms with Crippen molar-refractivity contribution in [2.24, 2.45) is 0 Å². The van der Waals surface area contributed by atoms with Crippen LogP contribution in [0.1, 0.15) is 47.2 Å². The number of aryl methyl sites for hydroxylation is 1. The molecule has 1 atom stereocenters. The van der Waals surface area contributed by atoms with E-state index in [9.17, 15) is 14.7 Å². The first kappa shape index (κ1) is 20.4. The number of aliphatic carboxylic acids is 1. The zero-order valence-electron chi connectivity index (χ0n) is 16.9. The van der Waals surface area contributed by atoms with Crippen LogP contribution >= 0.6 is 0 Å². The van der Waals surface area contributed by atoms with Gasteiger partial charge in [-0.1, -0.05) is 49.2 Å². The van der Waals surface area contributed by atoms with Gasteiger partial charge < -0.3 is 15.2 Å². The van der Waals surface area contributed by atoms with Crippen molar-refractivity contribution in [3.63, 3.8) is 0 Å². The van der Waals surface area contributed by atoms with Crippen molar-refractivity contribution in [2.75, 3.05) is 12.4 Å². The molecule has 0 saturated carbocycles. The standard InChI is InChI=1S/C24H25NO4/c1-4-7-18(24(27)28)16-12-15(2)13-17(14-16)23(26)25-21-10-11-22(29-3)20-9-6-5-8-19(20)21/h5-6,8-14,18H,4,7H2,1-3H3,(H,25,26)(H,27,28). The van der Waals surface area contributed by atoms with Crippen LogP contribution in [0.2, 0.25) is 0 Å². The van der Waals surface area contributed by atoms with Crippen molar-refractivity contribution in [1.82, 2.24) is 0 Å². The fraction of sp³-hybridized carbons (Fsp3) is 0.250. The number of rotatable bonds is 7. The molecule has 1 amide bonds. The third-order valence-electron chi connectivity index (χ3n) is 4.99. The highest BCUT2D eigenvalue weighted by molar-refractivity contribution is 6.10. The first-order chi connectivity index (χ1) is 13.9. The molecule has 0 aromatic heterocycles. The summed E-state index contributed by atoms with van der Waals surface area (Å²) in [5.74, 6) is -1.02. The molecule has 0 radical (unpaired) electrons. The Hall–Kier alpha value is -3.34. The van der Waals surface area contributed by atoms with E-state index in [1.807, 2.05) is 56.3 Å². The molecule has 150 valence electrons. The largest absolute Gasteiger partial charge is 0.496 e. The average molecular weight is 391 g/mol. The lowest BCUT2D eigenvalue weighted by Gasteiger charge is -2.15. The Morgan fingerprint density at radius 2 is 1.79 bits per heavy atom. The lowest BCUT2D eigenvalue weighted by molar-refractivity contribution is -0.139. The maximum absolute atomic E-state index is 13.0. The van der Waals surface area contributed by atoms with Crippen LogP contribution in [0, 0.1) is 6.92 Å². The van der Waals surface area contributed by atoms with E-state index in [2.05, 4.69) is 5.32 Å². The molecule has 0 bridgehead atoms. The summed E-state index contributed by atoms with van der Waals surface area (Å²) in [5.41, 5.74) is 2.64. The number of fused-ring (bicyclic) bond motifs is 1. The third-order valence-corrected chi connectivity index (χ3v) is 4.99. The van der Waals surface area contributed by atoms with Gasteiger partial charge in [-0.05, 0) is 43.2 Å². The first-order valence-corrected chi connectivity index (χ1v) is 9.66. The minimum atomic E-state index is -0.870. The van der Waals surface area contributed by atoms with Crippen LogP contribution in [-0.2, 0) is 4.79 Å². The first-order valence-electron chi connectivity index (χ1n) is 9.66. The van der Waals surface area contributed by atoms with Gasteiger partial charge in [-0.25, -0.2) is 0 Å². The van der Waals surface area contributed by atoms with E-state index in [0.717, 1.165) is 28.5 Å². The lowest BCUT2D eigenvalue weighted by Crippen LogP contribution is -2.16. The summed E-state index contributed by atoms with van der Waals surface area (Å²) in [7, 11) is 1.61. The highest BCUT2D eigenvalue weighted by atomic mass is 16.5. The molecular formula is C24H25NO4. The number of carbonyl (C=O) groups excluding carboxylic acids is 1. The molecule has 29 heavy (non-hydrogen) atoms. The molecule has 0 heterocycles. The average Bonchev–Trinajstić information content (AvgIpc) is 2.71. The third kappa shape index (κ3) is 4.40. The van der Waals surface area contributed by atoms with Gasteiger partial charge in [0.1, 0.15) is 5.75 Å². The Kier molecular flexibility index (Phi) is 6.17. The number of methoxy groups -OCH3 is 1. The summed E-state index contributed by atoms with van der Waals surface area (Å²) in [5, 5.41) is 14.3. The molecule has 1 unspecified atom stereocenters. The van der Waals surface area contributed by atoms with Gasteiger partial charge in [-0.15, -0.1) is 0 Å². The monoisotopic (exact) mass is 391 g/mol. The Morgan fingerprint density at radius 3 is 2.45 bits per heavy atom. The van der Waals surface area contributed by atoms with Crippen molar-refractivity contribution < 1.29 is 19.4 Å². The number of benzene rings is 3. The predicted octanol–water partition coefficient (Wildman–Crippen LogP) is 5.38. The van der Waals surface area contributed by atoms with Crippen LogP contribution in [0.4, 0.5) is 5.69 Å². The second-order valence-electron chi connectivity index (χ2n) is 7.13. The smallest absolute Gasteiger partial charge is 0.310 e. The molecule has 0 spiro atoms. The van der Waals surface area contributed by atoms with Crippen LogP contribution in [0.3, 0.4) is 0 Å². The van der Waals surface area contributed by atoms with Crippen LogP contribution in [0.25, 0.3) is 10.8 Å². The molecule has 3 rings (SSSR count). The molecule has 3 aromatic carbocycles. The van der Waals surface area contributed by atoms with Gasteiger partial charge >= 0.3 is 5.97 Å². The fourth-order valence-corrected chi connectivity index (χ4v) is 3.62. The highest BCUT2D eigenvalue weighted by Crippen LogP contribution is 2.32. The molecule has 0 aliphatic carbocycles.